The number of nitrogens with zero attached hydrogens (tertiary/aromatic N) is 1. The molecule has 3 unspecified atom stereocenters. The molecule has 0 heterocycles. The van der Waals surface area contributed by atoms with Gasteiger partial charge in [-0.1, -0.05) is 121 Å². The summed E-state index contributed by atoms with van der Waals surface area (Å²) in [5.41, 5.74) is 0. The van der Waals surface area contributed by atoms with Crippen LogP contribution in [0.15, 0.2) is 36.5 Å². The zero-order chi connectivity index (χ0) is 33.7. The fourth-order valence-corrected chi connectivity index (χ4v) is 5.37. The maximum absolute atomic E-state index is 12.7. The number of aliphatic hydroxyl groups excluding tert-OH is 1. The highest BCUT2D eigenvalue weighted by Gasteiger charge is 2.23. The van der Waals surface area contributed by atoms with E-state index in [9.17, 15) is 19.4 Å². The number of aliphatic hydroxyl groups is 1. The van der Waals surface area contributed by atoms with Gasteiger partial charge in [-0.2, -0.15) is 0 Å². The number of amides is 1. The molecule has 0 fully saturated rings. The Morgan fingerprint density at radius 2 is 1.24 bits per heavy atom. The van der Waals surface area contributed by atoms with E-state index in [0.29, 0.717) is 17.4 Å². The summed E-state index contributed by atoms with van der Waals surface area (Å²) in [5, 5.41) is 13.6. The van der Waals surface area contributed by atoms with Crippen molar-refractivity contribution in [2.75, 3.05) is 40.9 Å². The number of quaternary nitrogens is 1. The largest absolute Gasteiger partial charge is 0.756 e. The van der Waals surface area contributed by atoms with Crippen molar-refractivity contribution >= 4 is 13.7 Å². The lowest BCUT2D eigenvalue weighted by molar-refractivity contribution is -0.870. The lowest BCUT2D eigenvalue weighted by Crippen LogP contribution is -2.45. The number of hydrogen-bond donors (Lipinski definition) is 2. The van der Waals surface area contributed by atoms with Crippen LogP contribution in [0.4, 0.5) is 0 Å². The van der Waals surface area contributed by atoms with Crippen molar-refractivity contribution < 1.29 is 32.9 Å². The molecule has 1 amide bonds. The van der Waals surface area contributed by atoms with Gasteiger partial charge in [0, 0.05) is 6.42 Å². The molecule has 0 aliphatic rings. The van der Waals surface area contributed by atoms with Gasteiger partial charge in [0.1, 0.15) is 13.2 Å². The van der Waals surface area contributed by atoms with Crippen LogP contribution >= 0.6 is 7.82 Å². The fourth-order valence-electron chi connectivity index (χ4n) is 4.65. The predicted octanol–water partition coefficient (Wildman–Crippen LogP) is 8.16. The molecule has 9 heteroatoms. The molecule has 0 aromatic rings. The van der Waals surface area contributed by atoms with Crippen LogP contribution < -0.4 is 10.2 Å². The van der Waals surface area contributed by atoms with Crippen LogP contribution in [-0.2, 0) is 18.4 Å². The van der Waals surface area contributed by atoms with Crippen molar-refractivity contribution in [1.82, 2.24) is 5.32 Å². The summed E-state index contributed by atoms with van der Waals surface area (Å²) < 4.78 is 23.0. The molecular weight excluding hydrogens is 587 g/mol. The van der Waals surface area contributed by atoms with Crippen LogP contribution in [0.1, 0.15) is 136 Å². The number of nitrogens with one attached hydrogen (secondary N) is 1. The smallest absolute Gasteiger partial charge is 0.268 e. The standard InChI is InChI=1S/C36H69N2O6P/c1-6-8-10-12-14-16-17-18-19-20-22-23-25-27-29-35(39)34(33-44-45(41,42)43-32-31-38(3,4)5)37-36(40)30-28-26-24-21-15-13-11-9-7-2/h16-17,20,22,27,29,34-35,39H,6-15,18-19,21,23-26,28,30-33H2,1-5H3,(H-,37,40,41,42)/b17-16+,22-20+,29-27+. The van der Waals surface area contributed by atoms with Crippen LogP contribution in [0.3, 0.4) is 0 Å². The second kappa shape index (κ2) is 28.9. The summed E-state index contributed by atoms with van der Waals surface area (Å²) in [4.78, 5) is 25.0. The van der Waals surface area contributed by atoms with Gasteiger partial charge in [0.2, 0.25) is 5.91 Å². The Kier molecular flexibility index (Phi) is 28.1. The second-order valence-corrected chi connectivity index (χ2v) is 14.6. The van der Waals surface area contributed by atoms with Gasteiger partial charge in [0.25, 0.3) is 7.82 Å². The van der Waals surface area contributed by atoms with Gasteiger partial charge in [0.05, 0.1) is 39.9 Å². The minimum atomic E-state index is -4.58. The number of likely N-dealkylation sites (N-methyl/N-ethyl adjacent to an activating group) is 1. The average Bonchev–Trinajstić information content (AvgIpc) is 2.97. The third-order valence-electron chi connectivity index (χ3n) is 7.58. The van der Waals surface area contributed by atoms with Gasteiger partial charge in [-0.25, -0.2) is 0 Å². The second-order valence-electron chi connectivity index (χ2n) is 13.2. The molecule has 45 heavy (non-hydrogen) atoms. The van der Waals surface area contributed by atoms with Crippen molar-refractivity contribution in [2.45, 2.75) is 148 Å². The van der Waals surface area contributed by atoms with Gasteiger partial charge >= 0.3 is 0 Å². The topological polar surface area (TPSA) is 108 Å². The van der Waals surface area contributed by atoms with Crippen molar-refractivity contribution in [3.63, 3.8) is 0 Å². The van der Waals surface area contributed by atoms with E-state index in [-0.39, 0.29) is 12.5 Å². The van der Waals surface area contributed by atoms with Crippen molar-refractivity contribution in [2.24, 2.45) is 0 Å². The third kappa shape index (κ3) is 31.1. The number of allylic oxidation sites excluding steroid dienone is 5. The molecule has 0 bridgehead atoms. The fraction of sp³-hybridized carbons (Fsp3) is 0.806. The summed E-state index contributed by atoms with van der Waals surface area (Å²) in [5.74, 6) is -0.219. The van der Waals surface area contributed by atoms with E-state index in [1.807, 2.05) is 27.2 Å². The Morgan fingerprint density at radius 1 is 0.756 bits per heavy atom. The van der Waals surface area contributed by atoms with E-state index in [1.54, 1.807) is 6.08 Å². The minimum Gasteiger partial charge on any atom is -0.756 e. The van der Waals surface area contributed by atoms with Gasteiger partial charge in [-0.3, -0.25) is 9.36 Å². The quantitative estimate of drug-likeness (QED) is 0.0337. The third-order valence-corrected chi connectivity index (χ3v) is 8.54. The molecule has 8 nitrogen and oxygen atoms in total. The van der Waals surface area contributed by atoms with Crippen LogP contribution in [0.2, 0.25) is 0 Å². The molecule has 0 saturated heterocycles. The number of hydrogen-bond acceptors (Lipinski definition) is 6. The first-order valence-electron chi connectivity index (χ1n) is 17.9. The monoisotopic (exact) mass is 656 g/mol. The highest BCUT2D eigenvalue weighted by molar-refractivity contribution is 7.45. The Morgan fingerprint density at radius 3 is 1.80 bits per heavy atom. The van der Waals surface area contributed by atoms with Crippen molar-refractivity contribution in [3.05, 3.63) is 36.5 Å². The molecule has 0 saturated carbocycles. The Balaban J connectivity index is 4.68. The predicted molar refractivity (Wildman–Crippen MR) is 187 cm³/mol. The van der Waals surface area contributed by atoms with Gasteiger partial charge < -0.3 is 28.8 Å². The molecule has 0 aliphatic carbocycles. The Hall–Kier alpha value is -1.28. The molecule has 0 radical (unpaired) electrons. The molecule has 0 rings (SSSR count). The van der Waals surface area contributed by atoms with Gasteiger partial charge in [-0.05, 0) is 44.9 Å². The summed E-state index contributed by atoms with van der Waals surface area (Å²) >= 11 is 0. The van der Waals surface area contributed by atoms with E-state index >= 15 is 0 Å². The Bertz CT molecular complexity index is 840. The number of rotatable bonds is 31. The number of carbonyl (C=O) groups excluding carboxylic acids is 1. The first-order valence-corrected chi connectivity index (χ1v) is 19.3. The summed E-state index contributed by atoms with van der Waals surface area (Å²) in [7, 11) is 1.23. The van der Waals surface area contributed by atoms with Crippen LogP contribution in [-0.4, -0.2) is 68.5 Å². The number of phosphoric acid groups is 1. The molecule has 264 valence electrons. The first-order chi connectivity index (χ1) is 21.5. The Labute approximate surface area is 276 Å². The van der Waals surface area contributed by atoms with E-state index in [2.05, 4.69) is 43.5 Å². The maximum Gasteiger partial charge on any atom is 0.268 e. The van der Waals surface area contributed by atoms with Crippen LogP contribution in [0.25, 0.3) is 0 Å². The van der Waals surface area contributed by atoms with Crippen molar-refractivity contribution in [3.8, 4) is 0 Å². The lowest BCUT2D eigenvalue weighted by Gasteiger charge is -2.29. The molecule has 0 aliphatic heterocycles. The van der Waals surface area contributed by atoms with E-state index in [4.69, 9.17) is 9.05 Å². The SMILES string of the molecule is CCCCCC/C=C/CC/C=C/CC/C=C/C(O)C(COP(=O)([O-])OCC[N+](C)(C)C)NC(=O)CCCCCCCCCCC. The molecule has 3 atom stereocenters. The van der Waals surface area contributed by atoms with E-state index in [0.717, 1.165) is 44.9 Å². The summed E-state index contributed by atoms with van der Waals surface area (Å²) in [6.45, 7) is 4.53. The highest BCUT2D eigenvalue weighted by atomic mass is 31.2. The van der Waals surface area contributed by atoms with E-state index in [1.165, 1.54) is 70.6 Å². The molecule has 0 aromatic heterocycles. The number of unbranched alkanes of at least 4 members (excludes halogenated alkanes) is 14. The zero-order valence-corrected chi connectivity index (χ0v) is 30.5. The molecular formula is C36H69N2O6P. The molecule has 2 N–H and O–H groups in total. The molecule has 0 spiro atoms. The normalized spacial score (nSPS) is 15.3. The summed E-state index contributed by atoms with van der Waals surface area (Å²) in [6, 6.07) is -0.902. The summed E-state index contributed by atoms with van der Waals surface area (Å²) in [6.07, 6.45) is 31.9. The highest BCUT2D eigenvalue weighted by Crippen LogP contribution is 2.38. The van der Waals surface area contributed by atoms with Gasteiger partial charge in [-0.15, -0.1) is 0 Å². The lowest BCUT2D eigenvalue weighted by atomic mass is 10.1. The first kappa shape index (κ1) is 43.7. The number of carbonyl (C=O) groups is 1. The average molecular weight is 657 g/mol. The zero-order valence-electron chi connectivity index (χ0n) is 29.6. The van der Waals surface area contributed by atoms with Gasteiger partial charge in [0.15, 0.2) is 0 Å². The number of phosphoric ester groups is 1. The van der Waals surface area contributed by atoms with E-state index < -0.39 is 26.6 Å². The van der Waals surface area contributed by atoms with Crippen molar-refractivity contribution in [1.29, 1.82) is 0 Å². The minimum absolute atomic E-state index is 0.00871. The van der Waals surface area contributed by atoms with Crippen LogP contribution in [0, 0.1) is 0 Å². The molecule has 0 aromatic carbocycles. The van der Waals surface area contributed by atoms with Crippen LogP contribution in [0.5, 0.6) is 0 Å². The maximum atomic E-state index is 12.7.